The fourth-order valence-corrected chi connectivity index (χ4v) is 2.92. The topological polar surface area (TPSA) is 15.3 Å². The van der Waals surface area contributed by atoms with Crippen molar-refractivity contribution in [1.82, 2.24) is 10.2 Å². The molecule has 0 aromatic carbocycles. The third kappa shape index (κ3) is 3.21. The van der Waals surface area contributed by atoms with Crippen LogP contribution in [0.2, 0.25) is 0 Å². The zero-order chi connectivity index (χ0) is 11.5. The van der Waals surface area contributed by atoms with E-state index in [0.717, 1.165) is 18.0 Å². The van der Waals surface area contributed by atoms with E-state index in [9.17, 15) is 0 Å². The fraction of sp³-hybridized carbons (Fsp3) is 1.00. The van der Waals surface area contributed by atoms with Crippen molar-refractivity contribution < 1.29 is 0 Å². The van der Waals surface area contributed by atoms with E-state index in [4.69, 9.17) is 0 Å². The lowest BCUT2D eigenvalue weighted by molar-refractivity contribution is 0.310. The Morgan fingerprint density at radius 1 is 1.31 bits per heavy atom. The molecule has 3 unspecified atom stereocenters. The van der Waals surface area contributed by atoms with Gasteiger partial charge in [0.2, 0.25) is 0 Å². The second-order valence-electron chi connectivity index (χ2n) is 5.98. The van der Waals surface area contributed by atoms with Gasteiger partial charge in [0, 0.05) is 31.2 Å². The van der Waals surface area contributed by atoms with Crippen LogP contribution in [0.3, 0.4) is 0 Å². The van der Waals surface area contributed by atoms with Crippen LogP contribution >= 0.6 is 0 Å². The minimum atomic E-state index is 0.701. The molecule has 1 heterocycles. The molecule has 1 saturated carbocycles. The Morgan fingerprint density at radius 3 is 2.69 bits per heavy atom. The van der Waals surface area contributed by atoms with E-state index in [1.54, 1.807) is 0 Å². The molecule has 1 saturated heterocycles. The number of unbranched alkanes of at least 4 members (excludes halogenated alkanes) is 1. The van der Waals surface area contributed by atoms with Gasteiger partial charge in [-0.1, -0.05) is 26.7 Å². The maximum atomic E-state index is 3.83. The summed E-state index contributed by atoms with van der Waals surface area (Å²) in [5, 5.41) is 3.83. The number of nitrogens with zero attached hydrogens (tertiary/aromatic N) is 1. The van der Waals surface area contributed by atoms with Crippen molar-refractivity contribution in [2.45, 2.75) is 71.0 Å². The van der Waals surface area contributed by atoms with Crippen LogP contribution in [0.25, 0.3) is 0 Å². The highest BCUT2D eigenvalue weighted by Gasteiger charge is 2.38. The standard InChI is InChI=1S/C14H28N2/c1-4-5-6-12(3)15-14-10-16(9-11(14)2)13-7-8-13/h11-15H,4-10H2,1-3H3. The van der Waals surface area contributed by atoms with Crippen LogP contribution in [-0.2, 0) is 0 Å². The van der Waals surface area contributed by atoms with E-state index in [1.807, 2.05) is 0 Å². The van der Waals surface area contributed by atoms with Gasteiger partial charge in [-0.25, -0.2) is 0 Å². The molecule has 2 aliphatic rings. The van der Waals surface area contributed by atoms with Crippen molar-refractivity contribution in [2.75, 3.05) is 13.1 Å². The van der Waals surface area contributed by atoms with Crippen LogP contribution in [0.4, 0.5) is 0 Å². The molecule has 2 rings (SSSR count). The van der Waals surface area contributed by atoms with Gasteiger partial charge in [0.05, 0.1) is 0 Å². The number of hydrogen-bond donors (Lipinski definition) is 1. The Balaban J connectivity index is 1.72. The average molecular weight is 224 g/mol. The van der Waals surface area contributed by atoms with Gasteiger partial charge in [-0.3, -0.25) is 4.90 Å². The lowest BCUT2D eigenvalue weighted by Crippen LogP contribution is -2.41. The van der Waals surface area contributed by atoms with Gasteiger partial charge in [-0.05, 0) is 32.1 Å². The van der Waals surface area contributed by atoms with E-state index >= 15 is 0 Å². The van der Waals surface area contributed by atoms with Gasteiger partial charge in [0.1, 0.15) is 0 Å². The average Bonchev–Trinajstić information content (AvgIpc) is 3.03. The minimum absolute atomic E-state index is 0.701. The van der Waals surface area contributed by atoms with Crippen molar-refractivity contribution in [3.63, 3.8) is 0 Å². The second-order valence-corrected chi connectivity index (χ2v) is 5.98. The third-order valence-electron chi connectivity index (χ3n) is 4.19. The SMILES string of the molecule is CCCCC(C)NC1CN(C2CC2)CC1C. The van der Waals surface area contributed by atoms with Crippen LogP contribution in [0.1, 0.15) is 52.9 Å². The first-order valence-corrected chi connectivity index (χ1v) is 7.20. The van der Waals surface area contributed by atoms with Gasteiger partial charge in [0.15, 0.2) is 0 Å². The summed E-state index contributed by atoms with van der Waals surface area (Å²) in [6, 6.07) is 2.39. The number of hydrogen-bond acceptors (Lipinski definition) is 2. The molecule has 1 N–H and O–H groups in total. The molecular formula is C14H28N2. The highest BCUT2D eigenvalue weighted by molar-refractivity contribution is 4.95. The van der Waals surface area contributed by atoms with Crippen LogP contribution in [0.15, 0.2) is 0 Å². The van der Waals surface area contributed by atoms with Gasteiger partial charge in [-0.15, -0.1) is 0 Å². The molecule has 94 valence electrons. The summed E-state index contributed by atoms with van der Waals surface area (Å²) in [6.45, 7) is 9.65. The molecule has 0 amide bonds. The predicted octanol–water partition coefficient (Wildman–Crippen LogP) is 2.64. The highest BCUT2D eigenvalue weighted by Crippen LogP contribution is 2.31. The molecule has 0 spiro atoms. The van der Waals surface area contributed by atoms with Gasteiger partial charge in [0.25, 0.3) is 0 Å². The van der Waals surface area contributed by atoms with Gasteiger partial charge < -0.3 is 5.32 Å². The summed E-state index contributed by atoms with van der Waals surface area (Å²) >= 11 is 0. The maximum Gasteiger partial charge on any atom is 0.0235 e. The predicted molar refractivity (Wildman–Crippen MR) is 69.7 cm³/mol. The van der Waals surface area contributed by atoms with Crippen molar-refractivity contribution in [3.8, 4) is 0 Å². The van der Waals surface area contributed by atoms with E-state index in [1.165, 1.54) is 45.2 Å². The Kier molecular flexibility index (Phi) is 4.26. The summed E-state index contributed by atoms with van der Waals surface area (Å²) in [5.41, 5.74) is 0. The Hall–Kier alpha value is -0.0800. The summed E-state index contributed by atoms with van der Waals surface area (Å²) in [6.07, 6.45) is 6.92. The Morgan fingerprint density at radius 2 is 2.06 bits per heavy atom. The van der Waals surface area contributed by atoms with E-state index < -0.39 is 0 Å². The summed E-state index contributed by atoms with van der Waals surface area (Å²) in [5.74, 6) is 0.838. The normalized spacial score (nSPS) is 33.2. The van der Waals surface area contributed by atoms with Crippen LogP contribution in [0.5, 0.6) is 0 Å². The zero-order valence-corrected chi connectivity index (χ0v) is 11.2. The third-order valence-corrected chi connectivity index (χ3v) is 4.19. The number of nitrogens with one attached hydrogen (secondary N) is 1. The summed E-state index contributed by atoms with van der Waals surface area (Å²) in [4.78, 5) is 2.70. The van der Waals surface area contributed by atoms with Crippen molar-refractivity contribution in [3.05, 3.63) is 0 Å². The smallest absolute Gasteiger partial charge is 0.0235 e. The van der Waals surface area contributed by atoms with E-state index in [2.05, 4.69) is 31.0 Å². The van der Waals surface area contributed by atoms with E-state index in [0.29, 0.717) is 6.04 Å². The van der Waals surface area contributed by atoms with Crippen LogP contribution in [0, 0.1) is 5.92 Å². The molecule has 2 nitrogen and oxygen atoms in total. The maximum absolute atomic E-state index is 3.83. The molecule has 1 aliphatic carbocycles. The molecule has 3 atom stereocenters. The lowest BCUT2D eigenvalue weighted by atomic mass is 10.0. The summed E-state index contributed by atoms with van der Waals surface area (Å²) in [7, 11) is 0. The lowest BCUT2D eigenvalue weighted by Gasteiger charge is -2.22. The molecule has 0 radical (unpaired) electrons. The van der Waals surface area contributed by atoms with Crippen molar-refractivity contribution >= 4 is 0 Å². The number of likely N-dealkylation sites (tertiary alicyclic amines) is 1. The fourth-order valence-electron chi connectivity index (χ4n) is 2.92. The molecule has 0 aromatic rings. The zero-order valence-electron chi connectivity index (χ0n) is 11.2. The van der Waals surface area contributed by atoms with E-state index in [-0.39, 0.29) is 0 Å². The molecule has 2 heteroatoms. The van der Waals surface area contributed by atoms with Crippen LogP contribution in [-0.4, -0.2) is 36.1 Å². The quantitative estimate of drug-likeness (QED) is 0.746. The molecule has 2 fully saturated rings. The Labute approximate surface area is 101 Å². The van der Waals surface area contributed by atoms with Crippen LogP contribution < -0.4 is 5.32 Å². The second kappa shape index (κ2) is 5.50. The molecule has 0 aromatic heterocycles. The summed E-state index contributed by atoms with van der Waals surface area (Å²) < 4.78 is 0. The molecular weight excluding hydrogens is 196 g/mol. The molecule has 1 aliphatic heterocycles. The van der Waals surface area contributed by atoms with Crippen molar-refractivity contribution in [1.29, 1.82) is 0 Å². The first-order chi connectivity index (χ1) is 7.70. The highest BCUT2D eigenvalue weighted by atomic mass is 15.2. The Bertz CT molecular complexity index is 213. The van der Waals surface area contributed by atoms with Gasteiger partial charge in [-0.2, -0.15) is 0 Å². The first-order valence-electron chi connectivity index (χ1n) is 7.20. The largest absolute Gasteiger partial charge is 0.310 e. The molecule has 0 bridgehead atoms. The van der Waals surface area contributed by atoms with Gasteiger partial charge >= 0.3 is 0 Å². The monoisotopic (exact) mass is 224 g/mol. The molecule has 16 heavy (non-hydrogen) atoms. The first kappa shape index (κ1) is 12.4. The number of rotatable bonds is 6. The van der Waals surface area contributed by atoms with Crippen molar-refractivity contribution in [2.24, 2.45) is 5.92 Å². The minimum Gasteiger partial charge on any atom is -0.310 e.